The maximum atomic E-state index is 10.5. The maximum Gasteiger partial charge on any atom is 0.407 e. The minimum absolute atomic E-state index is 0.101. The molecule has 0 unspecified atom stereocenters. The minimum Gasteiger partial charge on any atom is -0.465 e. The van der Waals surface area contributed by atoms with Crippen molar-refractivity contribution in [1.29, 1.82) is 0 Å². The zero-order valence-corrected chi connectivity index (χ0v) is 7.03. The number of nitrogens with zero attached hydrogens (tertiary/aromatic N) is 1. The number of carbonyl (C=O) groups is 1. The van der Waals surface area contributed by atoms with Crippen LogP contribution in [0.15, 0.2) is 0 Å². The number of hydrogen-bond donors (Lipinski definition) is 3. The molecule has 12 heavy (non-hydrogen) atoms. The lowest BCUT2D eigenvalue weighted by Crippen LogP contribution is -2.59. The summed E-state index contributed by atoms with van der Waals surface area (Å²) < 4.78 is 0. The van der Waals surface area contributed by atoms with Crippen LogP contribution in [0.4, 0.5) is 4.79 Å². The van der Waals surface area contributed by atoms with E-state index in [1.165, 1.54) is 4.90 Å². The zero-order chi connectivity index (χ0) is 9.35. The second kappa shape index (κ2) is 2.91. The second-order valence-electron chi connectivity index (χ2n) is 3.46. The Balaban J connectivity index is 2.63. The number of rotatable bonds is 0. The van der Waals surface area contributed by atoms with Gasteiger partial charge in [0.25, 0.3) is 0 Å². The van der Waals surface area contributed by atoms with Gasteiger partial charge in [-0.3, -0.25) is 0 Å². The first-order valence-electron chi connectivity index (χ1n) is 3.89. The summed E-state index contributed by atoms with van der Waals surface area (Å²) in [5, 5.41) is 18.3. The first-order valence-corrected chi connectivity index (χ1v) is 3.89. The normalized spacial score (nSPS) is 36.6. The summed E-state index contributed by atoms with van der Waals surface area (Å²) in [7, 11) is 0. The van der Waals surface area contributed by atoms with E-state index in [9.17, 15) is 9.90 Å². The van der Waals surface area contributed by atoms with Gasteiger partial charge in [0.2, 0.25) is 0 Å². The Kier molecular flexibility index (Phi) is 2.25. The van der Waals surface area contributed by atoms with Gasteiger partial charge in [0.1, 0.15) is 0 Å². The van der Waals surface area contributed by atoms with Crippen molar-refractivity contribution >= 4 is 6.09 Å². The van der Waals surface area contributed by atoms with Gasteiger partial charge in [0.15, 0.2) is 0 Å². The molecule has 5 heteroatoms. The second-order valence-corrected chi connectivity index (χ2v) is 3.46. The van der Waals surface area contributed by atoms with Crippen molar-refractivity contribution in [1.82, 2.24) is 4.90 Å². The third kappa shape index (κ3) is 1.67. The number of carboxylic acid groups (broad SMARTS) is 1. The van der Waals surface area contributed by atoms with Crippen LogP contribution in [-0.2, 0) is 0 Å². The molecule has 2 atom stereocenters. The van der Waals surface area contributed by atoms with E-state index in [1.807, 2.05) is 0 Å². The van der Waals surface area contributed by atoms with Crippen LogP contribution in [0.2, 0.25) is 0 Å². The quantitative estimate of drug-likeness (QED) is 0.460. The molecule has 70 valence electrons. The molecular weight excluding hydrogens is 160 g/mol. The molecule has 4 N–H and O–H groups in total. The van der Waals surface area contributed by atoms with E-state index >= 15 is 0 Å². The van der Waals surface area contributed by atoms with E-state index in [2.05, 4.69) is 0 Å². The third-order valence-electron chi connectivity index (χ3n) is 2.29. The number of amides is 1. The van der Waals surface area contributed by atoms with Crippen LogP contribution < -0.4 is 5.73 Å². The van der Waals surface area contributed by atoms with E-state index in [1.54, 1.807) is 6.92 Å². The lowest BCUT2D eigenvalue weighted by Gasteiger charge is -2.39. The summed E-state index contributed by atoms with van der Waals surface area (Å²) >= 11 is 0. The van der Waals surface area contributed by atoms with Gasteiger partial charge in [0, 0.05) is 12.6 Å². The molecule has 0 spiro atoms. The van der Waals surface area contributed by atoms with Crippen LogP contribution in [0, 0.1) is 0 Å². The number of aliphatic hydroxyl groups is 1. The summed E-state index contributed by atoms with van der Waals surface area (Å²) in [6.45, 7) is 2.07. The first-order chi connectivity index (χ1) is 5.43. The fraction of sp³-hybridized carbons (Fsp3) is 0.857. The molecule has 0 bridgehead atoms. The number of likely N-dealkylation sites (tertiary alicyclic amines) is 1. The van der Waals surface area contributed by atoms with Crippen LogP contribution in [-0.4, -0.2) is 45.9 Å². The Morgan fingerprint density at radius 3 is 2.75 bits per heavy atom. The monoisotopic (exact) mass is 174 g/mol. The van der Waals surface area contributed by atoms with E-state index in [0.29, 0.717) is 13.0 Å². The van der Waals surface area contributed by atoms with Crippen LogP contribution in [0.3, 0.4) is 0 Å². The molecule has 1 fully saturated rings. The fourth-order valence-corrected chi connectivity index (χ4v) is 1.35. The van der Waals surface area contributed by atoms with Crippen molar-refractivity contribution in [3.05, 3.63) is 0 Å². The molecule has 1 amide bonds. The van der Waals surface area contributed by atoms with E-state index in [0.717, 1.165) is 0 Å². The molecule has 1 aliphatic heterocycles. The Labute approximate surface area is 70.8 Å². The Morgan fingerprint density at radius 2 is 2.33 bits per heavy atom. The number of piperidine rings is 1. The van der Waals surface area contributed by atoms with Crippen molar-refractivity contribution in [2.75, 3.05) is 13.1 Å². The molecule has 0 aromatic rings. The molecule has 1 aliphatic rings. The van der Waals surface area contributed by atoms with Gasteiger partial charge in [-0.05, 0) is 13.3 Å². The van der Waals surface area contributed by atoms with E-state index in [4.69, 9.17) is 10.8 Å². The summed E-state index contributed by atoms with van der Waals surface area (Å²) in [6, 6.07) is -0.326. The molecule has 1 rings (SSSR count). The highest BCUT2D eigenvalue weighted by Crippen LogP contribution is 2.19. The molecule has 0 aromatic carbocycles. The van der Waals surface area contributed by atoms with Gasteiger partial charge < -0.3 is 20.8 Å². The van der Waals surface area contributed by atoms with Gasteiger partial charge in [-0.2, -0.15) is 0 Å². The molecular formula is C7H14N2O3. The molecule has 1 saturated heterocycles. The van der Waals surface area contributed by atoms with E-state index in [-0.39, 0.29) is 12.6 Å². The van der Waals surface area contributed by atoms with Crippen molar-refractivity contribution in [3.63, 3.8) is 0 Å². The molecule has 1 heterocycles. The number of hydrogen-bond acceptors (Lipinski definition) is 3. The van der Waals surface area contributed by atoms with Crippen molar-refractivity contribution in [3.8, 4) is 0 Å². The maximum absolute atomic E-state index is 10.5. The molecule has 0 aliphatic carbocycles. The smallest absolute Gasteiger partial charge is 0.407 e. The van der Waals surface area contributed by atoms with Crippen LogP contribution in [0.25, 0.3) is 0 Å². The minimum atomic E-state index is -1.09. The summed E-state index contributed by atoms with van der Waals surface area (Å²) in [4.78, 5) is 11.7. The largest absolute Gasteiger partial charge is 0.465 e. The van der Waals surface area contributed by atoms with Gasteiger partial charge in [-0.1, -0.05) is 0 Å². The van der Waals surface area contributed by atoms with Crippen molar-refractivity contribution in [2.24, 2.45) is 5.73 Å². The Bertz CT molecular complexity index is 193. The molecule has 0 aromatic heterocycles. The topological polar surface area (TPSA) is 86.8 Å². The Morgan fingerprint density at radius 1 is 1.75 bits per heavy atom. The fourth-order valence-electron chi connectivity index (χ4n) is 1.35. The lowest BCUT2D eigenvalue weighted by molar-refractivity contribution is -0.0259. The predicted molar refractivity (Wildman–Crippen MR) is 42.8 cm³/mol. The average Bonchev–Trinajstić information content (AvgIpc) is 1.94. The van der Waals surface area contributed by atoms with E-state index < -0.39 is 11.7 Å². The number of β-amino-alcohol motifs (C(OH)–C–C–N with tert-alkyl or cyclic N) is 1. The molecule has 0 saturated carbocycles. The summed E-state index contributed by atoms with van der Waals surface area (Å²) in [5.41, 5.74) is 4.52. The van der Waals surface area contributed by atoms with Crippen LogP contribution in [0.1, 0.15) is 13.3 Å². The summed E-state index contributed by atoms with van der Waals surface area (Å²) in [5.74, 6) is 0. The average molecular weight is 174 g/mol. The van der Waals surface area contributed by atoms with Crippen LogP contribution in [0.5, 0.6) is 0 Å². The highest BCUT2D eigenvalue weighted by molar-refractivity contribution is 5.65. The van der Waals surface area contributed by atoms with Gasteiger partial charge in [0.05, 0.1) is 12.1 Å². The van der Waals surface area contributed by atoms with Crippen LogP contribution >= 0.6 is 0 Å². The number of nitrogens with two attached hydrogens (primary N) is 1. The molecule has 0 radical (unpaired) electrons. The highest BCUT2D eigenvalue weighted by Gasteiger charge is 2.37. The van der Waals surface area contributed by atoms with Crippen molar-refractivity contribution < 1.29 is 15.0 Å². The first kappa shape index (κ1) is 9.28. The standard InChI is InChI=1S/C7H14N2O3/c1-7(12)4-9(6(10)11)3-2-5(7)8/h5,12H,2-4,8H2,1H3,(H,10,11)/t5-,7-/m1/s1. The lowest BCUT2D eigenvalue weighted by atomic mass is 9.90. The predicted octanol–water partition coefficient (Wildman–Crippen LogP) is -0.552. The highest BCUT2D eigenvalue weighted by atomic mass is 16.4. The molecule has 5 nitrogen and oxygen atoms in total. The van der Waals surface area contributed by atoms with Gasteiger partial charge in [-0.15, -0.1) is 0 Å². The SMILES string of the molecule is C[C@@]1(O)CN(C(=O)O)CC[C@H]1N. The van der Waals surface area contributed by atoms with Crippen molar-refractivity contribution in [2.45, 2.75) is 25.0 Å². The summed E-state index contributed by atoms with van der Waals surface area (Å²) in [6.07, 6.45) is -0.485. The zero-order valence-electron chi connectivity index (χ0n) is 7.03. The van der Waals surface area contributed by atoms with Gasteiger partial charge in [-0.25, -0.2) is 4.79 Å². The third-order valence-corrected chi connectivity index (χ3v) is 2.29. The van der Waals surface area contributed by atoms with Gasteiger partial charge >= 0.3 is 6.09 Å². The Hall–Kier alpha value is -0.810.